The van der Waals surface area contributed by atoms with Crippen molar-refractivity contribution in [2.24, 2.45) is 5.73 Å². The molecular formula is C13H29N3O. The Morgan fingerprint density at radius 3 is 2.71 bits per heavy atom. The smallest absolute Gasteiger partial charge is 0.0785 e. The molecule has 2 unspecified atom stereocenters. The lowest BCUT2D eigenvalue weighted by atomic mass is 9.97. The van der Waals surface area contributed by atoms with Crippen molar-refractivity contribution < 1.29 is 4.74 Å². The van der Waals surface area contributed by atoms with Gasteiger partial charge >= 0.3 is 0 Å². The summed E-state index contributed by atoms with van der Waals surface area (Å²) in [5.74, 6) is 0. The third-order valence-electron chi connectivity index (χ3n) is 4.13. The zero-order valence-corrected chi connectivity index (χ0v) is 12.1. The molecule has 0 radical (unpaired) electrons. The first kappa shape index (κ1) is 14.9. The highest BCUT2D eigenvalue weighted by Gasteiger charge is 2.29. The van der Waals surface area contributed by atoms with Gasteiger partial charge in [-0.1, -0.05) is 0 Å². The highest BCUT2D eigenvalue weighted by Crippen LogP contribution is 2.17. The Balaban J connectivity index is 2.45. The van der Waals surface area contributed by atoms with E-state index < -0.39 is 0 Å². The molecule has 2 N–H and O–H groups in total. The first-order chi connectivity index (χ1) is 7.86. The molecule has 0 aliphatic carbocycles. The molecule has 1 saturated heterocycles. The van der Waals surface area contributed by atoms with Crippen molar-refractivity contribution in [3.8, 4) is 0 Å². The van der Waals surface area contributed by atoms with Crippen LogP contribution in [0.3, 0.4) is 0 Å². The second-order valence-electron chi connectivity index (χ2n) is 5.91. The molecule has 4 heteroatoms. The Labute approximate surface area is 106 Å². The van der Waals surface area contributed by atoms with E-state index in [0.717, 1.165) is 13.1 Å². The number of ether oxygens (including phenoxy) is 1. The number of hydrogen-bond acceptors (Lipinski definition) is 4. The average Bonchev–Trinajstić information content (AvgIpc) is 2.28. The second-order valence-corrected chi connectivity index (χ2v) is 5.91. The highest BCUT2D eigenvalue weighted by molar-refractivity contribution is 4.87. The van der Waals surface area contributed by atoms with E-state index in [4.69, 9.17) is 10.5 Å². The molecular weight excluding hydrogens is 214 g/mol. The summed E-state index contributed by atoms with van der Waals surface area (Å²) in [6.45, 7) is 7.37. The van der Waals surface area contributed by atoms with Gasteiger partial charge in [0.2, 0.25) is 0 Å². The van der Waals surface area contributed by atoms with Crippen molar-refractivity contribution >= 4 is 0 Å². The molecule has 1 rings (SSSR count). The summed E-state index contributed by atoms with van der Waals surface area (Å²) in [6.07, 6.45) is 2.56. The van der Waals surface area contributed by atoms with E-state index in [1.54, 1.807) is 7.11 Å². The number of likely N-dealkylation sites (tertiary alicyclic amines) is 1. The number of nitrogens with two attached hydrogens (primary N) is 1. The molecule has 0 spiro atoms. The summed E-state index contributed by atoms with van der Waals surface area (Å²) in [4.78, 5) is 4.79. The first-order valence-electron chi connectivity index (χ1n) is 6.56. The molecule has 0 amide bonds. The Kier molecular flexibility index (Phi) is 5.38. The molecule has 2 atom stereocenters. The monoisotopic (exact) mass is 243 g/mol. The summed E-state index contributed by atoms with van der Waals surface area (Å²) in [6, 6.07) is 0.678. The minimum atomic E-state index is -0.255. The Morgan fingerprint density at radius 1 is 1.53 bits per heavy atom. The van der Waals surface area contributed by atoms with Gasteiger partial charge in [-0.05, 0) is 47.3 Å². The molecule has 17 heavy (non-hydrogen) atoms. The lowest BCUT2D eigenvalue weighted by Gasteiger charge is -2.39. The van der Waals surface area contributed by atoms with Gasteiger partial charge in [-0.3, -0.25) is 0 Å². The fraction of sp³-hybridized carbons (Fsp3) is 1.00. The van der Waals surface area contributed by atoms with E-state index in [9.17, 15) is 0 Å². The SMILES string of the molecule is COC(C)(C)C(N)CN(C)C1CCCN(C)C1. The van der Waals surface area contributed by atoms with Gasteiger partial charge in [-0.2, -0.15) is 0 Å². The van der Waals surface area contributed by atoms with Crippen molar-refractivity contribution in [3.63, 3.8) is 0 Å². The minimum Gasteiger partial charge on any atom is -0.377 e. The van der Waals surface area contributed by atoms with E-state index in [0.29, 0.717) is 6.04 Å². The van der Waals surface area contributed by atoms with Crippen LogP contribution in [0.15, 0.2) is 0 Å². The third kappa shape index (κ3) is 4.21. The molecule has 0 aromatic carbocycles. The molecule has 0 aromatic heterocycles. The zero-order valence-electron chi connectivity index (χ0n) is 12.1. The van der Waals surface area contributed by atoms with Gasteiger partial charge in [0.1, 0.15) is 0 Å². The Bertz CT molecular complexity index is 233. The van der Waals surface area contributed by atoms with Crippen LogP contribution in [0.1, 0.15) is 26.7 Å². The van der Waals surface area contributed by atoms with E-state index >= 15 is 0 Å². The quantitative estimate of drug-likeness (QED) is 0.774. The van der Waals surface area contributed by atoms with Crippen molar-refractivity contribution in [3.05, 3.63) is 0 Å². The minimum absolute atomic E-state index is 0.0460. The van der Waals surface area contributed by atoms with Gasteiger partial charge < -0.3 is 20.3 Å². The molecule has 0 bridgehead atoms. The summed E-state index contributed by atoms with van der Waals surface area (Å²) in [5, 5.41) is 0. The van der Waals surface area contributed by atoms with Crippen molar-refractivity contribution in [1.29, 1.82) is 0 Å². The van der Waals surface area contributed by atoms with Crippen LogP contribution in [-0.2, 0) is 4.74 Å². The van der Waals surface area contributed by atoms with Crippen LogP contribution in [0.25, 0.3) is 0 Å². The van der Waals surface area contributed by atoms with Crippen LogP contribution in [0.2, 0.25) is 0 Å². The predicted molar refractivity (Wildman–Crippen MR) is 72.2 cm³/mol. The molecule has 1 heterocycles. The van der Waals surface area contributed by atoms with Gasteiger partial charge in [0.25, 0.3) is 0 Å². The molecule has 0 saturated carbocycles. The number of piperidine rings is 1. The Morgan fingerprint density at radius 2 is 2.18 bits per heavy atom. The van der Waals surface area contributed by atoms with E-state index in [-0.39, 0.29) is 11.6 Å². The summed E-state index contributed by atoms with van der Waals surface area (Å²) in [7, 11) is 6.10. The molecule has 0 aromatic rings. The number of rotatable bonds is 5. The fourth-order valence-corrected chi connectivity index (χ4v) is 2.33. The molecule has 102 valence electrons. The van der Waals surface area contributed by atoms with Gasteiger partial charge in [-0.15, -0.1) is 0 Å². The number of likely N-dealkylation sites (N-methyl/N-ethyl adjacent to an activating group) is 2. The molecule has 1 aliphatic rings. The summed E-state index contributed by atoms with van der Waals surface area (Å²) >= 11 is 0. The molecule has 1 fully saturated rings. The van der Waals surface area contributed by atoms with E-state index in [1.165, 1.54) is 19.4 Å². The number of nitrogens with zero attached hydrogens (tertiary/aromatic N) is 2. The van der Waals surface area contributed by atoms with Gasteiger partial charge in [0.05, 0.1) is 5.60 Å². The van der Waals surface area contributed by atoms with E-state index in [2.05, 4.69) is 37.7 Å². The van der Waals surface area contributed by atoms with Crippen LogP contribution in [0.4, 0.5) is 0 Å². The first-order valence-corrected chi connectivity index (χ1v) is 6.56. The van der Waals surface area contributed by atoms with Gasteiger partial charge in [-0.25, -0.2) is 0 Å². The van der Waals surface area contributed by atoms with Crippen LogP contribution >= 0.6 is 0 Å². The predicted octanol–water partition coefficient (Wildman–Crippen LogP) is 0.765. The largest absolute Gasteiger partial charge is 0.377 e. The Hall–Kier alpha value is -0.160. The summed E-state index contributed by atoms with van der Waals surface area (Å²) < 4.78 is 5.45. The second kappa shape index (κ2) is 6.14. The lowest BCUT2D eigenvalue weighted by molar-refractivity contribution is -0.0123. The van der Waals surface area contributed by atoms with Crippen molar-refractivity contribution in [2.45, 2.75) is 44.4 Å². The van der Waals surface area contributed by atoms with E-state index in [1.807, 2.05) is 0 Å². The van der Waals surface area contributed by atoms with Crippen molar-refractivity contribution in [2.75, 3.05) is 40.8 Å². The molecule has 4 nitrogen and oxygen atoms in total. The molecule has 1 aliphatic heterocycles. The maximum Gasteiger partial charge on any atom is 0.0785 e. The summed E-state index contributed by atoms with van der Waals surface area (Å²) in [5.41, 5.74) is 5.97. The van der Waals surface area contributed by atoms with Crippen molar-refractivity contribution in [1.82, 2.24) is 9.80 Å². The lowest BCUT2D eigenvalue weighted by Crippen LogP contribution is -2.54. The normalized spacial score (nSPS) is 25.2. The zero-order chi connectivity index (χ0) is 13.1. The van der Waals surface area contributed by atoms with Gasteiger partial charge in [0, 0.05) is 32.3 Å². The topological polar surface area (TPSA) is 41.7 Å². The average molecular weight is 243 g/mol. The maximum atomic E-state index is 6.22. The fourth-order valence-electron chi connectivity index (χ4n) is 2.33. The highest BCUT2D eigenvalue weighted by atomic mass is 16.5. The standard InChI is InChI=1S/C13H29N3O/c1-13(2,17-5)12(14)10-16(4)11-7-6-8-15(3)9-11/h11-12H,6-10,14H2,1-5H3. The number of hydrogen-bond donors (Lipinski definition) is 1. The van der Waals surface area contributed by atoms with Crippen LogP contribution in [0.5, 0.6) is 0 Å². The van der Waals surface area contributed by atoms with Crippen LogP contribution < -0.4 is 5.73 Å². The third-order valence-corrected chi connectivity index (χ3v) is 4.13. The maximum absolute atomic E-state index is 6.22. The van der Waals surface area contributed by atoms with Gasteiger partial charge in [0.15, 0.2) is 0 Å². The van der Waals surface area contributed by atoms with Crippen LogP contribution in [-0.4, -0.2) is 68.3 Å². The number of methoxy groups -OCH3 is 1. The van der Waals surface area contributed by atoms with Crippen LogP contribution in [0, 0.1) is 0 Å².